The minimum absolute atomic E-state index is 0.0206. The highest BCUT2D eigenvalue weighted by Gasteiger charge is 2.22. The van der Waals surface area contributed by atoms with E-state index in [9.17, 15) is 19.7 Å². The zero-order valence-electron chi connectivity index (χ0n) is 13.2. The lowest BCUT2D eigenvalue weighted by Crippen LogP contribution is -2.37. The molecule has 1 aromatic carbocycles. The SMILES string of the molecule is Cc1ccc(CN(CC=O)C(=O)OC(C)(C)C)cc1[N+](=O)[O-]. The van der Waals surface area contributed by atoms with Crippen LogP contribution in [0.1, 0.15) is 31.9 Å². The zero-order chi connectivity index (χ0) is 16.9. The van der Waals surface area contributed by atoms with Crippen LogP contribution in [0.4, 0.5) is 10.5 Å². The lowest BCUT2D eigenvalue weighted by atomic mass is 10.1. The van der Waals surface area contributed by atoms with Crippen molar-refractivity contribution in [3.8, 4) is 0 Å². The smallest absolute Gasteiger partial charge is 0.410 e. The van der Waals surface area contributed by atoms with Crippen molar-refractivity contribution in [2.45, 2.75) is 39.8 Å². The van der Waals surface area contributed by atoms with Crippen LogP contribution in [0.25, 0.3) is 0 Å². The molecule has 0 aliphatic heterocycles. The standard InChI is InChI=1S/C15H20N2O5/c1-11-5-6-12(9-13(11)17(20)21)10-16(7-8-18)14(19)22-15(2,3)4/h5-6,8-9H,7,10H2,1-4H3. The van der Waals surface area contributed by atoms with Gasteiger partial charge in [-0.05, 0) is 33.3 Å². The maximum absolute atomic E-state index is 12.0. The Morgan fingerprint density at radius 3 is 2.55 bits per heavy atom. The highest BCUT2D eigenvalue weighted by molar-refractivity contribution is 5.71. The number of hydrogen-bond donors (Lipinski definition) is 0. The molecule has 22 heavy (non-hydrogen) atoms. The van der Waals surface area contributed by atoms with Crippen LogP contribution in [0.3, 0.4) is 0 Å². The Balaban J connectivity index is 2.96. The number of benzene rings is 1. The van der Waals surface area contributed by atoms with Gasteiger partial charge in [0.15, 0.2) is 0 Å². The molecule has 120 valence electrons. The largest absolute Gasteiger partial charge is 0.444 e. The van der Waals surface area contributed by atoms with E-state index in [1.54, 1.807) is 39.8 Å². The quantitative estimate of drug-likeness (QED) is 0.474. The van der Waals surface area contributed by atoms with Gasteiger partial charge in [-0.15, -0.1) is 0 Å². The second-order valence-electron chi connectivity index (χ2n) is 5.91. The fourth-order valence-corrected chi connectivity index (χ4v) is 1.79. The lowest BCUT2D eigenvalue weighted by molar-refractivity contribution is -0.385. The van der Waals surface area contributed by atoms with Gasteiger partial charge in [0, 0.05) is 18.2 Å². The van der Waals surface area contributed by atoms with Gasteiger partial charge < -0.3 is 9.53 Å². The van der Waals surface area contributed by atoms with Crippen LogP contribution in [0.2, 0.25) is 0 Å². The highest BCUT2D eigenvalue weighted by atomic mass is 16.6. The molecule has 0 aliphatic rings. The Labute approximate surface area is 129 Å². The first-order valence-corrected chi connectivity index (χ1v) is 6.79. The first-order valence-electron chi connectivity index (χ1n) is 6.79. The van der Waals surface area contributed by atoms with Crippen LogP contribution in [-0.4, -0.2) is 34.3 Å². The lowest BCUT2D eigenvalue weighted by Gasteiger charge is -2.26. The topological polar surface area (TPSA) is 89.8 Å². The molecule has 0 fully saturated rings. The maximum Gasteiger partial charge on any atom is 0.410 e. The zero-order valence-corrected chi connectivity index (χ0v) is 13.2. The molecule has 0 aromatic heterocycles. The summed E-state index contributed by atoms with van der Waals surface area (Å²) in [5.41, 5.74) is 0.392. The summed E-state index contributed by atoms with van der Waals surface area (Å²) in [4.78, 5) is 34.5. The van der Waals surface area contributed by atoms with Gasteiger partial charge in [-0.1, -0.05) is 12.1 Å². The molecule has 1 amide bonds. The van der Waals surface area contributed by atoms with Gasteiger partial charge in [0.25, 0.3) is 5.69 Å². The van der Waals surface area contributed by atoms with Crippen molar-refractivity contribution in [2.75, 3.05) is 6.54 Å². The Kier molecular flexibility index (Phi) is 5.62. The van der Waals surface area contributed by atoms with Gasteiger partial charge in [-0.3, -0.25) is 15.0 Å². The Morgan fingerprint density at radius 1 is 1.41 bits per heavy atom. The molecule has 0 atom stereocenters. The second kappa shape index (κ2) is 7.02. The van der Waals surface area contributed by atoms with Gasteiger partial charge in [0.1, 0.15) is 11.9 Å². The van der Waals surface area contributed by atoms with E-state index in [-0.39, 0.29) is 18.8 Å². The van der Waals surface area contributed by atoms with Gasteiger partial charge in [0.05, 0.1) is 11.5 Å². The highest BCUT2D eigenvalue weighted by Crippen LogP contribution is 2.21. The van der Waals surface area contributed by atoms with E-state index in [2.05, 4.69) is 0 Å². The summed E-state index contributed by atoms with van der Waals surface area (Å²) in [7, 11) is 0. The number of carbonyl (C=O) groups excluding carboxylic acids is 2. The van der Waals surface area contributed by atoms with Crippen molar-refractivity contribution in [2.24, 2.45) is 0 Å². The van der Waals surface area contributed by atoms with Crippen LogP contribution < -0.4 is 0 Å². The predicted octanol–water partition coefficient (Wildman–Crippen LogP) is 2.84. The van der Waals surface area contributed by atoms with Crippen molar-refractivity contribution in [1.29, 1.82) is 0 Å². The molecule has 0 spiro atoms. The summed E-state index contributed by atoms with van der Waals surface area (Å²) in [6.07, 6.45) is -0.0465. The van der Waals surface area contributed by atoms with Crippen molar-refractivity contribution < 1.29 is 19.2 Å². The molecule has 0 radical (unpaired) electrons. The van der Waals surface area contributed by atoms with Crippen LogP contribution in [0.5, 0.6) is 0 Å². The van der Waals surface area contributed by atoms with Gasteiger partial charge in [-0.2, -0.15) is 0 Å². The van der Waals surface area contributed by atoms with E-state index in [1.807, 2.05) is 0 Å². The number of aryl methyl sites for hydroxylation is 1. The second-order valence-corrected chi connectivity index (χ2v) is 5.91. The molecule has 0 unspecified atom stereocenters. The number of hydrogen-bond acceptors (Lipinski definition) is 5. The van der Waals surface area contributed by atoms with E-state index in [4.69, 9.17) is 4.74 Å². The van der Waals surface area contributed by atoms with E-state index in [0.717, 1.165) is 0 Å². The van der Waals surface area contributed by atoms with Gasteiger partial charge in [-0.25, -0.2) is 4.79 Å². The number of carbonyl (C=O) groups is 2. The van der Waals surface area contributed by atoms with E-state index < -0.39 is 16.6 Å². The van der Waals surface area contributed by atoms with Crippen molar-refractivity contribution in [1.82, 2.24) is 4.90 Å². The molecule has 0 aliphatic carbocycles. The molecule has 0 saturated heterocycles. The summed E-state index contributed by atoms with van der Waals surface area (Å²) >= 11 is 0. The van der Waals surface area contributed by atoms with Crippen LogP contribution in [0.15, 0.2) is 18.2 Å². The number of nitro groups is 1. The fourth-order valence-electron chi connectivity index (χ4n) is 1.79. The Morgan fingerprint density at radius 2 is 2.05 bits per heavy atom. The molecular weight excluding hydrogens is 288 g/mol. The predicted molar refractivity (Wildman–Crippen MR) is 80.5 cm³/mol. The molecular formula is C15H20N2O5. The molecule has 0 N–H and O–H groups in total. The van der Waals surface area contributed by atoms with Crippen LogP contribution in [0, 0.1) is 17.0 Å². The van der Waals surface area contributed by atoms with Crippen molar-refractivity contribution in [3.05, 3.63) is 39.4 Å². The molecule has 1 aromatic rings. The summed E-state index contributed by atoms with van der Waals surface area (Å²) in [5, 5.41) is 11.0. The average Bonchev–Trinajstić information content (AvgIpc) is 2.38. The minimum Gasteiger partial charge on any atom is -0.444 e. The number of nitro benzene ring substituents is 1. The van der Waals surface area contributed by atoms with Crippen molar-refractivity contribution >= 4 is 18.1 Å². The molecule has 0 saturated carbocycles. The summed E-state index contributed by atoms with van der Waals surface area (Å²) in [6, 6.07) is 4.70. The first kappa shape index (κ1) is 17.6. The van der Waals surface area contributed by atoms with Gasteiger partial charge in [0.2, 0.25) is 0 Å². The number of ether oxygens (including phenoxy) is 1. The normalized spacial score (nSPS) is 10.9. The molecule has 0 bridgehead atoms. The Hall–Kier alpha value is -2.44. The fraction of sp³-hybridized carbons (Fsp3) is 0.467. The summed E-state index contributed by atoms with van der Waals surface area (Å²) in [5.74, 6) is 0. The number of rotatable bonds is 5. The molecule has 1 rings (SSSR count). The number of nitrogens with zero attached hydrogens (tertiary/aromatic N) is 2. The average molecular weight is 308 g/mol. The third-order valence-corrected chi connectivity index (χ3v) is 2.79. The van der Waals surface area contributed by atoms with Gasteiger partial charge >= 0.3 is 6.09 Å². The first-order chi connectivity index (χ1) is 10.1. The number of aldehydes is 1. The molecule has 0 heterocycles. The van der Waals surface area contributed by atoms with Crippen LogP contribution >= 0.6 is 0 Å². The van der Waals surface area contributed by atoms with E-state index in [0.29, 0.717) is 17.4 Å². The third-order valence-electron chi connectivity index (χ3n) is 2.79. The minimum atomic E-state index is -0.683. The van der Waals surface area contributed by atoms with E-state index in [1.165, 1.54) is 11.0 Å². The third kappa shape index (κ3) is 5.16. The van der Waals surface area contributed by atoms with Crippen molar-refractivity contribution in [3.63, 3.8) is 0 Å². The Bertz CT molecular complexity index is 578. The molecule has 7 nitrogen and oxygen atoms in total. The molecule has 7 heteroatoms. The maximum atomic E-state index is 12.0. The van der Waals surface area contributed by atoms with Crippen LogP contribution in [-0.2, 0) is 16.1 Å². The number of amides is 1. The summed E-state index contributed by atoms with van der Waals surface area (Å²) in [6.45, 7) is 6.73. The monoisotopic (exact) mass is 308 g/mol. The van der Waals surface area contributed by atoms with E-state index >= 15 is 0 Å². The summed E-state index contributed by atoms with van der Waals surface area (Å²) < 4.78 is 5.22.